The summed E-state index contributed by atoms with van der Waals surface area (Å²) in [7, 11) is 0. The maximum absolute atomic E-state index is 12.9. The number of aromatic amines is 1. The standard InChI is InChI=1S/C21H19N3O2.C2HF3O2/c25-21(24-11-7-14(8-12-24)20-22-9-10-23-20)15-5-6-17-16-3-1-2-4-18(16)26-19(17)13-15;3-2(4,5)1(6)7/h1-6,9-10,13-14H,7-8,11-12H2,(H,22,23);(H,6,7). The molecule has 3 heterocycles. The minimum Gasteiger partial charge on any atom is -0.475 e. The van der Waals surface area contributed by atoms with Crippen LogP contribution >= 0.6 is 0 Å². The van der Waals surface area contributed by atoms with Gasteiger partial charge in [0.2, 0.25) is 0 Å². The van der Waals surface area contributed by atoms with Gasteiger partial charge in [0.05, 0.1) is 0 Å². The van der Waals surface area contributed by atoms with E-state index < -0.39 is 12.1 Å². The summed E-state index contributed by atoms with van der Waals surface area (Å²) in [5.41, 5.74) is 2.31. The summed E-state index contributed by atoms with van der Waals surface area (Å²) in [5, 5.41) is 9.26. The quantitative estimate of drug-likeness (QED) is 0.441. The fraction of sp³-hybridized carbons (Fsp3) is 0.261. The lowest BCUT2D eigenvalue weighted by Gasteiger charge is -2.31. The molecule has 0 unspecified atom stereocenters. The summed E-state index contributed by atoms with van der Waals surface area (Å²) in [6.07, 6.45) is 0.434. The third kappa shape index (κ3) is 4.84. The second kappa shape index (κ2) is 8.97. The fourth-order valence-corrected chi connectivity index (χ4v) is 3.90. The number of halogens is 3. The first-order valence-electron chi connectivity index (χ1n) is 10.2. The monoisotopic (exact) mass is 459 g/mol. The molecule has 0 atom stereocenters. The Morgan fingerprint density at radius 1 is 1.06 bits per heavy atom. The van der Waals surface area contributed by atoms with E-state index in [2.05, 4.69) is 9.97 Å². The molecule has 33 heavy (non-hydrogen) atoms. The Balaban J connectivity index is 0.000000325. The molecule has 2 aromatic heterocycles. The predicted molar refractivity (Wildman–Crippen MR) is 114 cm³/mol. The number of nitrogens with zero attached hydrogens (tertiary/aromatic N) is 2. The van der Waals surface area contributed by atoms with Crippen LogP contribution in [0.5, 0.6) is 0 Å². The average molecular weight is 459 g/mol. The first-order chi connectivity index (χ1) is 15.7. The van der Waals surface area contributed by atoms with E-state index in [4.69, 9.17) is 14.3 Å². The van der Waals surface area contributed by atoms with E-state index in [0.29, 0.717) is 11.5 Å². The minimum atomic E-state index is -5.08. The van der Waals surface area contributed by atoms with Crippen molar-refractivity contribution in [2.24, 2.45) is 0 Å². The minimum absolute atomic E-state index is 0.0743. The van der Waals surface area contributed by atoms with Gasteiger partial charge in [0.25, 0.3) is 5.91 Å². The zero-order chi connectivity index (χ0) is 23.6. The number of carbonyl (C=O) groups is 2. The Morgan fingerprint density at radius 2 is 1.73 bits per heavy atom. The number of benzene rings is 2. The van der Waals surface area contributed by atoms with Gasteiger partial charge in [0.1, 0.15) is 17.0 Å². The van der Waals surface area contributed by atoms with Gasteiger partial charge in [-0.1, -0.05) is 18.2 Å². The van der Waals surface area contributed by atoms with Gasteiger partial charge < -0.3 is 19.4 Å². The molecule has 2 aromatic carbocycles. The number of carboxylic acids is 1. The molecule has 0 radical (unpaired) electrons. The maximum Gasteiger partial charge on any atom is 0.490 e. The van der Waals surface area contributed by atoms with Crippen LogP contribution in [-0.2, 0) is 4.79 Å². The Hall–Kier alpha value is -3.82. The topological polar surface area (TPSA) is 99.4 Å². The summed E-state index contributed by atoms with van der Waals surface area (Å²) < 4.78 is 37.6. The number of hydrogen-bond donors (Lipinski definition) is 2. The van der Waals surface area contributed by atoms with Gasteiger partial charge >= 0.3 is 12.1 Å². The summed E-state index contributed by atoms with van der Waals surface area (Å²) >= 11 is 0. The molecule has 5 rings (SSSR count). The highest BCUT2D eigenvalue weighted by atomic mass is 19.4. The largest absolute Gasteiger partial charge is 0.490 e. The van der Waals surface area contributed by atoms with E-state index in [9.17, 15) is 18.0 Å². The lowest BCUT2D eigenvalue weighted by Crippen LogP contribution is -2.38. The molecule has 2 N–H and O–H groups in total. The van der Waals surface area contributed by atoms with E-state index in [1.165, 1.54) is 0 Å². The van der Waals surface area contributed by atoms with Gasteiger partial charge in [-0.15, -0.1) is 0 Å². The first kappa shape index (κ1) is 22.4. The van der Waals surface area contributed by atoms with Crippen molar-refractivity contribution in [2.45, 2.75) is 24.9 Å². The van der Waals surface area contributed by atoms with E-state index in [-0.39, 0.29) is 5.91 Å². The van der Waals surface area contributed by atoms with Gasteiger partial charge in [-0.05, 0) is 37.1 Å². The third-order valence-electron chi connectivity index (χ3n) is 5.56. The van der Waals surface area contributed by atoms with E-state index in [0.717, 1.165) is 53.7 Å². The lowest BCUT2D eigenvalue weighted by molar-refractivity contribution is -0.192. The average Bonchev–Trinajstić information content (AvgIpc) is 3.46. The number of fused-ring (bicyclic) bond motifs is 3. The molecule has 10 heteroatoms. The number of piperidine rings is 1. The Labute approximate surface area is 185 Å². The summed E-state index contributed by atoms with van der Waals surface area (Å²) in [4.78, 5) is 31.3. The number of imidazole rings is 1. The van der Waals surface area contributed by atoms with Crippen molar-refractivity contribution in [2.75, 3.05) is 13.1 Å². The zero-order valence-corrected chi connectivity index (χ0v) is 17.3. The van der Waals surface area contributed by atoms with Crippen LogP contribution < -0.4 is 0 Å². The maximum atomic E-state index is 12.9. The molecule has 7 nitrogen and oxygen atoms in total. The fourth-order valence-electron chi connectivity index (χ4n) is 3.90. The number of rotatable bonds is 2. The number of H-pyrrole nitrogens is 1. The van der Waals surface area contributed by atoms with Crippen molar-refractivity contribution >= 4 is 33.8 Å². The molecule has 4 aromatic rings. The first-order valence-corrected chi connectivity index (χ1v) is 10.2. The third-order valence-corrected chi connectivity index (χ3v) is 5.56. The SMILES string of the molecule is O=C(O)C(F)(F)F.O=C(c1ccc2c(c1)oc1ccccc12)N1CCC(c2ncc[nH]2)CC1. The molecule has 1 fully saturated rings. The highest BCUT2D eigenvalue weighted by Crippen LogP contribution is 2.30. The van der Waals surface area contributed by atoms with Crippen LogP contribution in [0.3, 0.4) is 0 Å². The molecular weight excluding hydrogens is 439 g/mol. The molecule has 0 aliphatic carbocycles. The van der Waals surface area contributed by atoms with Crippen LogP contribution in [0.25, 0.3) is 21.9 Å². The van der Waals surface area contributed by atoms with Gasteiger partial charge in [-0.3, -0.25) is 4.79 Å². The highest BCUT2D eigenvalue weighted by molar-refractivity contribution is 6.07. The normalized spacial score (nSPS) is 14.8. The van der Waals surface area contributed by atoms with Crippen molar-refractivity contribution in [3.05, 3.63) is 66.2 Å². The van der Waals surface area contributed by atoms with Gasteiger partial charge in [-0.25, -0.2) is 9.78 Å². The summed E-state index contributed by atoms with van der Waals surface area (Å²) in [6.45, 7) is 1.50. The smallest absolute Gasteiger partial charge is 0.475 e. The van der Waals surface area contributed by atoms with Gasteiger partial charge in [-0.2, -0.15) is 13.2 Å². The number of furan rings is 1. The van der Waals surface area contributed by atoms with Crippen LogP contribution in [0.4, 0.5) is 13.2 Å². The molecule has 172 valence electrons. The zero-order valence-electron chi connectivity index (χ0n) is 17.3. The number of carboxylic acid groups (broad SMARTS) is 1. The molecule has 1 saturated heterocycles. The molecule has 0 bridgehead atoms. The molecule has 1 aliphatic rings. The molecular formula is C23H20F3N3O4. The number of amides is 1. The van der Waals surface area contributed by atoms with E-state index in [1.54, 1.807) is 6.20 Å². The van der Waals surface area contributed by atoms with Gasteiger partial charge in [0, 0.05) is 47.7 Å². The number of likely N-dealkylation sites (tertiary alicyclic amines) is 1. The highest BCUT2D eigenvalue weighted by Gasteiger charge is 2.38. The predicted octanol–water partition coefficient (Wildman–Crippen LogP) is 4.96. The number of alkyl halides is 3. The second-order valence-corrected chi connectivity index (χ2v) is 7.65. The Kier molecular flexibility index (Phi) is 6.08. The van der Waals surface area contributed by atoms with Crippen molar-refractivity contribution in [3.8, 4) is 0 Å². The lowest BCUT2D eigenvalue weighted by atomic mass is 9.95. The molecule has 0 saturated carbocycles. The van der Waals surface area contributed by atoms with E-state index >= 15 is 0 Å². The number of carbonyl (C=O) groups excluding carboxylic acids is 1. The molecule has 0 spiro atoms. The van der Waals surface area contributed by atoms with E-state index in [1.807, 2.05) is 53.6 Å². The number of nitrogens with one attached hydrogen (secondary N) is 1. The van der Waals surface area contributed by atoms with Crippen molar-refractivity contribution in [1.29, 1.82) is 0 Å². The van der Waals surface area contributed by atoms with Crippen LogP contribution in [-0.4, -0.2) is 51.1 Å². The second-order valence-electron chi connectivity index (χ2n) is 7.65. The Morgan fingerprint density at radius 3 is 2.36 bits per heavy atom. The molecule has 1 aliphatic heterocycles. The molecule has 1 amide bonds. The number of hydrogen-bond acceptors (Lipinski definition) is 4. The van der Waals surface area contributed by atoms with Crippen LogP contribution in [0, 0.1) is 0 Å². The van der Waals surface area contributed by atoms with Crippen LogP contribution in [0.2, 0.25) is 0 Å². The van der Waals surface area contributed by atoms with Crippen molar-refractivity contribution in [1.82, 2.24) is 14.9 Å². The summed E-state index contributed by atoms with van der Waals surface area (Å²) in [6, 6.07) is 13.7. The number of aliphatic carboxylic acids is 1. The van der Waals surface area contributed by atoms with Crippen LogP contribution in [0.15, 0.2) is 59.3 Å². The van der Waals surface area contributed by atoms with Crippen molar-refractivity contribution in [3.63, 3.8) is 0 Å². The Bertz CT molecular complexity index is 1270. The number of para-hydroxylation sites is 1. The van der Waals surface area contributed by atoms with Gasteiger partial charge in [0.15, 0.2) is 0 Å². The number of aromatic nitrogens is 2. The van der Waals surface area contributed by atoms with Crippen LogP contribution in [0.1, 0.15) is 34.9 Å². The summed E-state index contributed by atoms with van der Waals surface area (Å²) in [5.74, 6) is -1.24. The van der Waals surface area contributed by atoms with Crippen molar-refractivity contribution < 1.29 is 32.3 Å².